The normalized spacial score (nSPS) is 8.25. The van der Waals surface area contributed by atoms with Crippen molar-refractivity contribution >= 4 is 43.9 Å². The summed E-state index contributed by atoms with van der Waals surface area (Å²) in [6.07, 6.45) is 0. The molecule has 0 aromatic carbocycles. The molecule has 0 nitrogen and oxygen atoms in total. The average molecular weight is 208 g/mol. The maximum Gasteiger partial charge on any atom is 0.294 e. The molecule has 0 unspecified atom stereocenters. The highest BCUT2D eigenvalue weighted by molar-refractivity contribution is 7.70. The molecular formula is C3HCl3S2. The minimum atomic E-state index is 0. The lowest BCUT2D eigenvalue weighted by molar-refractivity contribution is -0.00000107. The van der Waals surface area contributed by atoms with Crippen LogP contribution in [0, 0.1) is 0 Å². The van der Waals surface area contributed by atoms with Crippen molar-refractivity contribution in [3.63, 3.8) is 0 Å². The molecule has 8 heavy (non-hydrogen) atoms. The first-order valence-corrected chi connectivity index (χ1v) is 4.49. The van der Waals surface area contributed by atoms with Gasteiger partial charge in [-0.2, -0.15) is 0 Å². The minimum Gasteiger partial charge on any atom is -1.00 e. The molecule has 5 heteroatoms. The van der Waals surface area contributed by atoms with Crippen LogP contribution in [0.25, 0.3) is 0 Å². The zero-order valence-corrected chi connectivity index (χ0v) is 7.43. The summed E-state index contributed by atoms with van der Waals surface area (Å²) in [4.78, 5) is 0. The van der Waals surface area contributed by atoms with Gasteiger partial charge in [0, 0.05) is 0 Å². The molecule has 0 aliphatic heterocycles. The van der Waals surface area contributed by atoms with Gasteiger partial charge >= 0.3 is 0 Å². The van der Waals surface area contributed by atoms with Gasteiger partial charge in [-0.25, -0.2) is 0 Å². The van der Waals surface area contributed by atoms with Gasteiger partial charge in [-0.3, -0.25) is 0 Å². The van der Waals surface area contributed by atoms with Crippen LogP contribution in [0.2, 0.25) is 9.36 Å². The summed E-state index contributed by atoms with van der Waals surface area (Å²) >= 11 is 11.0. The molecule has 0 N–H and O–H groups in total. The van der Waals surface area contributed by atoms with Gasteiger partial charge in [-0.05, 0) is 0 Å². The third-order valence-electron chi connectivity index (χ3n) is 0.461. The molecule has 0 saturated carbocycles. The molecule has 0 radical (unpaired) electrons. The summed E-state index contributed by atoms with van der Waals surface area (Å²) in [5.41, 5.74) is 0. The summed E-state index contributed by atoms with van der Waals surface area (Å²) in [6.45, 7) is 0. The summed E-state index contributed by atoms with van der Waals surface area (Å²) in [7, 11) is 3.02. The fourth-order valence-corrected chi connectivity index (χ4v) is 2.69. The van der Waals surface area contributed by atoms with Crippen LogP contribution in [0.15, 0.2) is 5.38 Å². The van der Waals surface area contributed by atoms with Gasteiger partial charge < -0.3 is 12.4 Å². The van der Waals surface area contributed by atoms with Crippen LogP contribution in [0.1, 0.15) is 0 Å². The van der Waals surface area contributed by atoms with Gasteiger partial charge in [0.2, 0.25) is 5.38 Å². The molecule has 0 aliphatic rings. The smallest absolute Gasteiger partial charge is 0.294 e. The lowest BCUT2D eigenvalue weighted by atomic mass is 10.8. The highest BCUT2D eigenvalue weighted by atomic mass is 35.5. The molecule has 0 spiro atoms. The first-order valence-electron chi connectivity index (χ1n) is 1.52. The van der Waals surface area contributed by atoms with Gasteiger partial charge in [0.1, 0.15) is 5.02 Å². The molecule has 1 rings (SSSR count). The molecule has 0 aliphatic carbocycles. The Kier molecular flexibility index (Phi) is 4.30. The van der Waals surface area contributed by atoms with E-state index in [1.165, 1.54) is 10.3 Å². The molecule has 1 heterocycles. The van der Waals surface area contributed by atoms with Gasteiger partial charge in [0.15, 0.2) is 14.7 Å². The Bertz CT molecular complexity index is 145. The van der Waals surface area contributed by atoms with Crippen LogP contribution < -0.4 is 12.4 Å². The van der Waals surface area contributed by atoms with E-state index < -0.39 is 0 Å². The third kappa shape index (κ3) is 2.03. The van der Waals surface area contributed by atoms with E-state index in [2.05, 4.69) is 0 Å². The van der Waals surface area contributed by atoms with E-state index >= 15 is 0 Å². The van der Waals surface area contributed by atoms with Crippen LogP contribution in [-0.4, -0.2) is 0 Å². The monoisotopic (exact) mass is 206 g/mol. The van der Waals surface area contributed by atoms with Crippen molar-refractivity contribution < 1.29 is 12.4 Å². The predicted octanol–water partition coefficient (Wildman–Crippen LogP) is 0.401. The quantitative estimate of drug-likeness (QED) is 0.427. The Morgan fingerprint density at radius 3 is 2.25 bits per heavy atom. The van der Waals surface area contributed by atoms with E-state index in [1.807, 2.05) is 5.38 Å². The zero-order chi connectivity index (χ0) is 5.28. The van der Waals surface area contributed by atoms with Crippen molar-refractivity contribution in [2.45, 2.75) is 0 Å². The summed E-state index contributed by atoms with van der Waals surface area (Å²) in [6, 6.07) is 0. The van der Waals surface area contributed by atoms with Crippen LogP contribution in [0.4, 0.5) is 0 Å². The first-order chi connectivity index (χ1) is 3.30. The fourth-order valence-electron chi connectivity index (χ4n) is 0.195. The SMILES string of the molecule is Clc1c[s+]sc1Cl.[Cl-]. The molecule has 0 saturated heterocycles. The minimum absolute atomic E-state index is 0. The number of hydrogen-bond acceptors (Lipinski definition) is 1. The number of rotatable bonds is 0. The highest BCUT2D eigenvalue weighted by Crippen LogP contribution is 2.30. The Morgan fingerprint density at radius 2 is 2.12 bits per heavy atom. The molecule has 0 atom stereocenters. The van der Waals surface area contributed by atoms with Crippen LogP contribution in [0.3, 0.4) is 0 Å². The van der Waals surface area contributed by atoms with Crippen molar-refractivity contribution in [2.75, 3.05) is 0 Å². The van der Waals surface area contributed by atoms with E-state index in [0.29, 0.717) is 9.36 Å². The van der Waals surface area contributed by atoms with Gasteiger partial charge in [-0.1, -0.05) is 23.2 Å². The Labute approximate surface area is 70.9 Å². The molecule has 0 fully saturated rings. The van der Waals surface area contributed by atoms with Crippen molar-refractivity contribution in [1.29, 1.82) is 0 Å². The standard InChI is InChI=1S/C3HCl2S2.ClH/c4-2-1-6-7-3(2)5;/h1H;1H/q+1;/p-1. The van der Waals surface area contributed by atoms with Crippen molar-refractivity contribution in [2.24, 2.45) is 0 Å². The Balaban J connectivity index is 0.000000490. The third-order valence-corrected chi connectivity index (χ3v) is 3.68. The lowest BCUT2D eigenvalue weighted by Crippen LogP contribution is -3.00. The predicted molar refractivity (Wildman–Crippen MR) is 36.6 cm³/mol. The summed E-state index contributed by atoms with van der Waals surface area (Å²) in [5, 5.41) is 2.48. The molecular weight excluding hydrogens is 207 g/mol. The Hall–Kier alpha value is 0.920. The molecule has 0 amide bonds. The number of hydrogen-bond donors (Lipinski definition) is 0. The number of halogens is 3. The van der Waals surface area contributed by atoms with Crippen LogP contribution in [-0.2, 0) is 0 Å². The molecule has 46 valence electrons. The van der Waals surface area contributed by atoms with Crippen LogP contribution in [0.5, 0.6) is 0 Å². The van der Waals surface area contributed by atoms with Crippen LogP contribution >= 0.6 is 43.9 Å². The summed E-state index contributed by atoms with van der Waals surface area (Å²) < 4.78 is 0.687. The lowest BCUT2D eigenvalue weighted by Gasteiger charge is -1.65. The second kappa shape index (κ2) is 3.85. The largest absolute Gasteiger partial charge is 1.00 e. The molecule has 0 bridgehead atoms. The zero-order valence-electron chi connectivity index (χ0n) is 3.53. The summed E-state index contributed by atoms with van der Waals surface area (Å²) in [5.74, 6) is 0. The highest BCUT2D eigenvalue weighted by Gasteiger charge is 2.06. The average Bonchev–Trinajstić information content (AvgIpc) is 1.91. The second-order valence-corrected chi connectivity index (χ2v) is 4.01. The van der Waals surface area contributed by atoms with E-state index in [1.54, 1.807) is 10.3 Å². The van der Waals surface area contributed by atoms with E-state index in [0.717, 1.165) is 0 Å². The van der Waals surface area contributed by atoms with Crippen molar-refractivity contribution in [1.82, 2.24) is 0 Å². The van der Waals surface area contributed by atoms with E-state index in [-0.39, 0.29) is 12.4 Å². The Morgan fingerprint density at radius 1 is 1.50 bits per heavy atom. The first kappa shape index (κ1) is 8.92. The maximum absolute atomic E-state index is 5.52. The second-order valence-electron chi connectivity index (χ2n) is 0.919. The molecule has 1 aromatic heterocycles. The topological polar surface area (TPSA) is 0 Å². The van der Waals surface area contributed by atoms with Gasteiger partial charge in [-0.15, -0.1) is 0 Å². The van der Waals surface area contributed by atoms with Gasteiger partial charge in [0.05, 0.1) is 0 Å². The van der Waals surface area contributed by atoms with Crippen molar-refractivity contribution in [3.8, 4) is 0 Å². The molecule has 1 aromatic rings. The van der Waals surface area contributed by atoms with Crippen molar-refractivity contribution in [3.05, 3.63) is 14.7 Å². The van der Waals surface area contributed by atoms with E-state index in [9.17, 15) is 0 Å². The van der Waals surface area contributed by atoms with E-state index in [4.69, 9.17) is 23.2 Å². The van der Waals surface area contributed by atoms with Gasteiger partial charge in [0.25, 0.3) is 10.3 Å². The fraction of sp³-hybridized carbons (Fsp3) is 0. The maximum atomic E-state index is 5.52.